The molecule has 0 fully saturated rings. The Balaban J connectivity index is 3.08. The maximum absolute atomic E-state index is 11.8. The first-order chi connectivity index (χ1) is 7.95. The van der Waals surface area contributed by atoms with Gasteiger partial charge in [-0.2, -0.15) is 0 Å². The van der Waals surface area contributed by atoms with Crippen LogP contribution in [0.2, 0.25) is 0 Å². The van der Waals surface area contributed by atoms with Crippen molar-refractivity contribution in [1.82, 2.24) is 0 Å². The van der Waals surface area contributed by atoms with Crippen molar-refractivity contribution < 1.29 is 14.3 Å². The molecular weight excluding hydrogens is 216 g/mol. The lowest BCUT2D eigenvalue weighted by Gasteiger charge is -2.11. The van der Waals surface area contributed by atoms with E-state index in [4.69, 9.17) is 4.74 Å². The van der Waals surface area contributed by atoms with Crippen LogP contribution in [0.5, 0.6) is 5.75 Å². The predicted octanol–water partition coefficient (Wildman–Crippen LogP) is 2.98. The summed E-state index contributed by atoms with van der Waals surface area (Å²) in [5.74, 6) is 0.595. The van der Waals surface area contributed by atoms with Crippen LogP contribution in [0.15, 0.2) is 18.2 Å². The van der Waals surface area contributed by atoms with E-state index < -0.39 is 0 Å². The Morgan fingerprint density at radius 2 is 1.94 bits per heavy atom. The summed E-state index contributed by atoms with van der Waals surface area (Å²) in [5, 5.41) is 0. The molecule has 0 saturated heterocycles. The number of carbonyl (C=O) groups is 2. The summed E-state index contributed by atoms with van der Waals surface area (Å²) in [6, 6.07) is 5.50. The Morgan fingerprint density at radius 1 is 1.29 bits per heavy atom. The van der Waals surface area contributed by atoms with Crippen LogP contribution in [0.25, 0.3) is 0 Å². The molecule has 0 aliphatic carbocycles. The number of Topliss-reactive ketones (excluding diaryl/α,β-unsaturated/α-hetero) is 2. The fourth-order valence-electron chi connectivity index (χ4n) is 1.62. The van der Waals surface area contributed by atoms with Crippen molar-refractivity contribution in [1.29, 1.82) is 0 Å². The number of ketones is 2. The molecule has 0 spiro atoms. The molecular formula is C14H18O3. The highest BCUT2D eigenvalue weighted by Gasteiger charge is 2.15. The topological polar surface area (TPSA) is 43.4 Å². The molecule has 0 heterocycles. The average Bonchev–Trinajstić information content (AvgIpc) is 2.27. The van der Waals surface area contributed by atoms with Crippen LogP contribution >= 0.6 is 0 Å². The molecule has 1 aromatic rings. The highest BCUT2D eigenvalue weighted by molar-refractivity contribution is 6.08. The normalized spacial score (nSPS) is 10.4. The van der Waals surface area contributed by atoms with E-state index in [1.165, 1.54) is 14.0 Å². The van der Waals surface area contributed by atoms with Gasteiger partial charge in [-0.05, 0) is 30.5 Å². The fraction of sp³-hybridized carbons (Fsp3) is 0.429. The lowest BCUT2D eigenvalue weighted by atomic mass is 9.98. The summed E-state index contributed by atoms with van der Waals surface area (Å²) in [4.78, 5) is 22.8. The molecule has 92 valence electrons. The quantitative estimate of drug-likeness (QED) is 0.581. The van der Waals surface area contributed by atoms with Crippen molar-refractivity contribution in [3.63, 3.8) is 0 Å². The number of hydrogen-bond acceptors (Lipinski definition) is 3. The van der Waals surface area contributed by atoms with E-state index >= 15 is 0 Å². The molecule has 0 radical (unpaired) electrons. The molecule has 0 amide bonds. The molecule has 1 rings (SSSR count). The SMILES string of the molecule is COc1cc(C(C)C)ccc1C(=O)CC(C)=O. The molecule has 0 aromatic heterocycles. The third kappa shape index (κ3) is 3.41. The van der Waals surface area contributed by atoms with Gasteiger partial charge in [0, 0.05) is 0 Å². The van der Waals surface area contributed by atoms with Crippen LogP contribution in [0.4, 0.5) is 0 Å². The van der Waals surface area contributed by atoms with Gasteiger partial charge in [-0.15, -0.1) is 0 Å². The molecule has 0 atom stereocenters. The predicted molar refractivity (Wildman–Crippen MR) is 66.7 cm³/mol. The smallest absolute Gasteiger partial charge is 0.173 e. The number of hydrogen-bond donors (Lipinski definition) is 0. The van der Waals surface area contributed by atoms with E-state index in [-0.39, 0.29) is 18.0 Å². The van der Waals surface area contributed by atoms with E-state index in [2.05, 4.69) is 13.8 Å². The summed E-state index contributed by atoms with van der Waals surface area (Å²) in [6.45, 7) is 5.56. The van der Waals surface area contributed by atoms with E-state index in [1.807, 2.05) is 12.1 Å². The number of methoxy groups -OCH3 is 1. The molecule has 0 N–H and O–H groups in total. The molecule has 1 aromatic carbocycles. The number of rotatable bonds is 5. The van der Waals surface area contributed by atoms with Gasteiger partial charge in [0.1, 0.15) is 11.5 Å². The highest BCUT2D eigenvalue weighted by atomic mass is 16.5. The van der Waals surface area contributed by atoms with Gasteiger partial charge in [0.2, 0.25) is 0 Å². The van der Waals surface area contributed by atoms with Crippen LogP contribution in [0, 0.1) is 0 Å². The fourth-order valence-corrected chi connectivity index (χ4v) is 1.62. The Hall–Kier alpha value is -1.64. The molecule has 0 aliphatic rings. The van der Waals surface area contributed by atoms with Gasteiger partial charge >= 0.3 is 0 Å². The van der Waals surface area contributed by atoms with Gasteiger partial charge in [-0.3, -0.25) is 9.59 Å². The summed E-state index contributed by atoms with van der Waals surface area (Å²) in [7, 11) is 1.53. The zero-order chi connectivity index (χ0) is 13.0. The highest BCUT2D eigenvalue weighted by Crippen LogP contribution is 2.25. The minimum absolute atomic E-state index is 0.0720. The minimum atomic E-state index is -0.190. The molecule has 3 nitrogen and oxygen atoms in total. The van der Waals surface area contributed by atoms with Crippen molar-refractivity contribution in [3.05, 3.63) is 29.3 Å². The Labute approximate surface area is 102 Å². The third-order valence-electron chi connectivity index (χ3n) is 2.60. The molecule has 0 unspecified atom stereocenters. The summed E-state index contributed by atoms with van der Waals surface area (Å²) in [6.07, 6.45) is -0.0720. The van der Waals surface area contributed by atoms with Crippen molar-refractivity contribution >= 4 is 11.6 Å². The van der Waals surface area contributed by atoms with E-state index in [0.29, 0.717) is 17.2 Å². The van der Waals surface area contributed by atoms with Gasteiger partial charge in [0.15, 0.2) is 5.78 Å². The maximum Gasteiger partial charge on any atom is 0.173 e. The maximum atomic E-state index is 11.8. The monoisotopic (exact) mass is 234 g/mol. The lowest BCUT2D eigenvalue weighted by molar-refractivity contribution is -0.116. The molecule has 0 bridgehead atoms. The third-order valence-corrected chi connectivity index (χ3v) is 2.60. The van der Waals surface area contributed by atoms with Gasteiger partial charge in [-0.25, -0.2) is 0 Å². The van der Waals surface area contributed by atoms with Crippen molar-refractivity contribution in [2.45, 2.75) is 33.1 Å². The largest absolute Gasteiger partial charge is 0.496 e. The van der Waals surface area contributed by atoms with Crippen molar-refractivity contribution in [2.75, 3.05) is 7.11 Å². The number of carbonyl (C=O) groups excluding carboxylic acids is 2. The molecule has 0 saturated carbocycles. The zero-order valence-electron chi connectivity index (χ0n) is 10.7. The number of benzene rings is 1. The Morgan fingerprint density at radius 3 is 2.41 bits per heavy atom. The van der Waals surface area contributed by atoms with E-state index in [1.54, 1.807) is 6.07 Å². The van der Waals surface area contributed by atoms with Crippen LogP contribution in [0.1, 0.15) is 49.0 Å². The average molecular weight is 234 g/mol. The van der Waals surface area contributed by atoms with Crippen LogP contribution in [-0.2, 0) is 4.79 Å². The lowest BCUT2D eigenvalue weighted by Crippen LogP contribution is -2.07. The van der Waals surface area contributed by atoms with Crippen molar-refractivity contribution in [3.8, 4) is 5.75 Å². The van der Waals surface area contributed by atoms with Gasteiger partial charge in [0.25, 0.3) is 0 Å². The summed E-state index contributed by atoms with van der Waals surface area (Å²) < 4.78 is 5.21. The molecule has 3 heteroatoms. The van der Waals surface area contributed by atoms with Crippen LogP contribution < -0.4 is 4.74 Å². The van der Waals surface area contributed by atoms with Crippen LogP contribution in [-0.4, -0.2) is 18.7 Å². The van der Waals surface area contributed by atoms with Gasteiger partial charge in [-0.1, -0.05) is 19.9 Å². The van der Waals surface area contributed by atoms with Crippen LogP contribution in [0.3, 0.4) is 0 Å². The van der Waals surface area contributed by atoms with E-state index in [0.717, 1.165) is 5.56 Å². The second-order valence-corrected chi connectivity index (χ2v) is 4.42. The van der Waals surface area contributed by atoms with Crippen molar-refractivity contribution in [2.24, 2.45) is 0 Å². The second kappa shape index (κ2) is 5.62. The van der Waals surface area contributed by atoms with Gasteiger partial charge < -0.3 is 4.74 Å². The van der Waals surface area contributed by atoms with E-state index in [9.17, 15) is 9.59 Å². The Bertz CT molecular complexity index is 433. The first-order valence-corrected chi connectivity index (χ1v) is 5.66. The summed E-state index contributed by atoms with van der Waals surface area (Å²) >= 11 is 0. The minimum Gasteiger partial charge on any atom is -0.496 e. The second-order valence-electron chi connectivity index (χ2n) is 4.42. The Kier molecular flexibility index (Phi) is 4.44. The summed E-state index contributed by atoms with van der Waals surface area (Å²) in [5.41, 5.74) is 1.59. The molecule has 0 aliphatic heterocycles. The standard InChI is InChI=1S/C14H18O3/c1-9(2)11-5-6-12(14(8-11)17-4)13(16)7-10(3)15/h5-6,8-9H,7H2,1-4H3. The zero-order valence-corrected chi connectivity index (χ0v) is 10.7. The number of ether oxygens (including phenoxy) is 1. The molecule has 17 heavy (non-hydrogen) atoms. The van der Waals surface area contributed by atoms with Gasteiger partial charge in [0.05, 0.1) is 19.1 Å². The first kappa shape index (κ1) is 13.4. The first-order valence-electron chi connectivity index (χ1n) is 5.66.